The Morgan fingerprint density at radius 2 is 2.00 bits per heavy atom. The lowest BCUT2D eigenvalue weighted by Crippen LogP contribution is -2.15. The first kappa shape index (κ1) is 14.7. The molecule has 0 bridgehead atoms. The Morgan fingerprint density at radius 1 is 1.29 bits per heavy atom. The molecule has 2 rings (SSSR count). The van der Waals surface area contributed by atoms with Crippen molar-refractivity contribution in [1.29, 1.82) is 0 Å². The van der Waals surface area contributed by atoms with Crippen molar-refractivity contribution >= 4 is 34.6 Å². The number of carbonyl (C=O) groups excluding carboxylic acids is 1. The van der Waals surface area contributed by atoms with Crippen LogP contribution in [0.5, 0.6) is 0 Å². The van der Waals surface area contributed by atoms with E-state index in [0.717, 1.165) is 18.2 Å². The summed E-state index contributed by atoms with van der Waals surface area (Å²) >= 11 is 5.76. The quantitative estimate of drug-likeness (QED) is 0.516. The number of hydrogen-bond acceptors (Lipinski definition) is 4. The molecule has 108 valence electrons. The van der Waals surface area contributed by atoms with Gasteiger partial charge >= 0.3 is 0 Å². The maximum Gasteiger partial charge on any atom is 0.271 e. The average Bonchev–Trinajstić information content (AvgIpc) is 2.43. The zero-order valence-corrected chi connectivity index (χ0v) is 11.2. The Balaban J connectivity index is 2.33. The monoisotopic (exact) mass is 309 g/mol. The smallest absolute Gasteiger partial charge is 0.271 e. The van der Waals surface area contributed by atoms with E-state index in [9.17, 15) is 19.3 Å². The van der Waals surface area contributed by atoms with Crippen molar-refractivity contribution in [3.8, 4) is 0 Å². The number of amides is 1. The Bertz CT molecular complexity index is 737. The Morgan fingerprint density at radius 3 is 2.67 bits per heavy atom. The van der Waals surface area contributed by atoms with E-state index in [2.05, 4.69) is 5.32 Å². The normalized spacial score (nSPS) is 10.2. The Labute approximate surface area is 123 Å². The summed E-state index contributed by atoms with van der Waals surface area (Å²) in [5, 5.41) is 13.2. The van der Waals surface area contributed by atoms with Gasteiger partial charge in [-0.15, -0.1) is 0 Å². The molecule has 0 spiro atoms. The number of rotatable bonds is 3. The SMILES string of the molecule is Nc1ccc(Cl)cc1C(=O)Nc1cc([N+](=O)[O-])ccc1F. The molecular formula is C13H9ClFN3O3. The van der Waals surface area contributed by atoms with Gasteiger partial charge in [-0.25, -0.2) is 4.39 Å². The molecule has 0 radical (unpaired) electrons. The van der Waals surface area contributed by atoms with Crippen molar-refractivity contribution in [2.24, 2.45) is 0 Å². The molecule has 0 aliphatic carbocycles. The molecule has 0 aliphatic heterocycles. The molecule has 21 heavy (non-hydrogen) atoms. The highest BCUT2D eigenvalue weighted by molar-refractivity contribution is 6.31. The highest BCUT2D eigenvalue weighted by atomic mass is 35.5. The fourth-order valence-electron chi connectivity index (χ4n) is 1.64. The third-order valence-electron chi connectivity index (χ3n) is 2.67. The summed E-state index contributed by atoms with van der Waals surface area (Å²) in [4.78, 5) is 22.0. The highest BCUT2D eigenvalue weighted by Crippen LogP contribution is 2.24. The molecule has 1 amide bonds. The summed E-state index contributed by atoms with van der Waals surface area (Å²) in [6, 6.07) is 7.08. The fraction of sp³-hybridized carbons (Fsp3) is 0. The highest BCUT2D eigenvalue weighted by Gasteiger charge is 2.16. The molecule has 0 saturated carbocycles. The van der Waals surface area contributed by atoms with Gasteiger partial charge in [0.05, 0.1) is 16.2 Å². The third kappa shape index (κ3) is 3.26. The molecule has 0 unspecified atom stereocenters. The lowest BCUT2D eigenvalue weighted by atomic mass is 10.1. The zero-order valence-electron chi connectivity index (χ0n) is 10.5. The molecule has 0 aromatic heterocycles. The number of anilines is 2. The van der Waals surface area contributed by atoms with Crippen molar-refractivity contribution in [1.82, 2.24) is 0 Å². The van der Waals surface area contributed by atoms with Crippen molar-refractivity contribution in [2.45, 2.75) is 0 Å². The second kappa shape index (κ2) is 5.76. The molecule has 3 N–H and O–H groups in total. The van der Waals surface area contributed by atoms with Crippen molar-refractivity contribution < 1.29 is 14.1 Å². The van der Waals surface area contributed by atoms with Crippen molar-refractivity contribution in [3.05, 3.63) is 62.9 Å². The maximum absolute atomic E-state index is 13.6. The largest absolute Gasteiger partial charge is 0.398 e. The Hall–Kier alpha value is -2.67. The van der Waals surface area contributed by atoms with Crippen LogP contribution in [0.4, 0.5) is 21.5 Å². The number of nitrogens with zero attached hydrogens (tertiary/aromatic N) is 1. The molecule has 0 fully saturated rings. The van der Waals surface area contributed by atoms with E-state index < -0.39 is 16.6 Å². The predicted molar refractivity (Wildman–Crippen MR) is 76.9 cm³/mol. The van der Waals surface area contributed by atoms with Crippen LogP contribution in [-0.2, 0) is 0 Å². The van der Waals surface area contributed by atoms with E-state index in [1.807, 2.05) is 0 Å². The summed E-state index contributed by atoms with van der Waals surface area (Å²) < 4.78 is 13.6. The first-order valence-corrected chi connectivity index (χ1v) is 6.06. The molecule has 8 heteroatoms. The molecular weight excluding hydrogens is 301 g/mol. The van der Waals surface area contributed by atoms with Crippen LogP contribution < -0.4 is 11.1 Å². The number of nitrogen functional groups attached to an aromatic ring is 1. The van der Waals surface area contributed by atoms with Gasteiger partial charge in [-0.1, -0.05) is 11.6 Å². The number of nitrogens with one attached hydrogen (secondary N) is 1. The topological polar surface area (TPSA) is 98.3 Å². The van der Waals surface area contributed by atoms with Crippen LogP contribution in [0.2, 0.25) is 5.02 Å². The Kier molecular flexibility index (Phi) is 4.04. The number of benzene rings is 2. The lowest BCUT2D eigenvalue weighted by Gasteiger charge is -2.08. The molecule has 0 saturated heterocycles. The molecule has 2 aromatic carbocycles. The van der Waals surface area contributed by atoms with Gasteiger partial charge in [-0.3, -0.25) is 14.9 Å². The molecule has 0 aliphatic rings. The summed E-state index contributed by atoms with van der Waals surface area (Å²) in [5.41, 5.74) is 5.19. The van der Waals surface area contributed by atoms with Crippen molar-refractivity contribution in [2.75, 3.05) is 11.1 Å². The van der Waals surface area contributed by atoms with E-state index in [1.165, 1.54) is 18.2 Å². The summed E-state index contributed by atoms with van der Waals surface area (Å²) in [7, 11) is 0. The van der Waals surface area contributed by atoms with E-state index in [1.54, 1.807) is 0 Å². The fourth-order valence-corrected chi connectivity index (χ4v) is 1.81. The van der Waals surface area contributed by atoms with Crippen LogP contribution in [-0.4, -0.2) is 10.8 Å². The van der Waals surface area contributed by atoms with E-state index in [4.69, 9.17) is 17.3 Å². The van der Waals surface area contributed by atoms with E-state index in [-0.39, 0.29) is 27.6 Å². The predicted octanol–water partition coefficient (Wildman–Crippen LogP) is 3.22. The molecule has 6 nitrogen and oxygen atoms in total. The summed E-state index contributed by atoms with van der Waals surface area (Å²) in [6.07, 6.45) is 0. The van der Waals surface area contributed by atoms with E-state index >= 15 is 0 Å². The zero-order chi connectivity index (χ0) is 15.6. The minimum Gasteiger partial charge on any atom is -0.398 e. The van der Waals surface area contributed by atoms with Crippen LogP contribution in [0.15, 0.2) is 36.4 Å². The van der Waals surface area contributed by atoms with Gasteiger partial charge in [-0.05, 0) is 24.3 Å². The lowest BCUT2D eigenvalue weighted by molar-refractivity contribution is -0.384. The average molecular weight is 310 g/mol. The number of carbonyl (C=O) groups is 1. The van der Waals surface area contributed by atoms with Gasteiger partial charge in [0, 0.05) is 22.8 Å². The number of non-ortho nitro benzene ring substituents is 1. The third-order valence-corrected chi connectivity index (χ3v) is 2.90. The number of nitro benzene ring substituents is 1. The molecule has 0 atom stereocenters. The maximum atomic E-state index is 13.6. The second-order valence-electron chi connectivity index (χ2n) is 4.11. The van der Waals surface area contributed by atoms with Gasteiger partial charge in [0.2, 0.25) is 0 Å². The van der Waals surface area contributed by atoms with Crippen LogP contribution in [0.1, 0.15) is 10.4 Å². The van der Waals surface area contributed by atoms with E-state index in [0.29, 0.717) is 0 Å². The van der Waals surface area contributed by atoms with Crippen LogP contribution in [0.3, 0.4) is 0 Å². The number of halogens is 2. The number of nitrogens with two attached hydrogens (primary N) is 1. The van der Waals surface area contributed by atoms with Gasteiger partial charge in [-0.2, -0.15) is 0 Å². The number of nitro groups is 1. The minimum atomic E-state index is -0.797. The number of hydrogen-bond donors (Lipinski definition) is 2. The standard InChI is InChI=1S/C13H9ClFN3O3/c14-7-1-4-11(16)9(5-7)13(19)17-12-6-8(18(20)21)2-3-10(12)15/h1-6H,16H2,(H,17,19). The van der Waals surface area contributed by atoms with Crippen LogP contribution in [0, 0.1) is 15.9 Å². The summed E-state index contributed by atoms with van der Waals surface area (Å²) in [5.74, 6) is -1.51. The van der Waals surface area contributed by atoms with Gasteiger partial charge in [0.15, 0.2) is 0 Å². The van der Waals surface area contributed by atoms with Gasteiger partial charge < -0.3 is 11.1 Å². The second-order valence-corrected chi connectivity index (χ2v) is 4.54. The first-order chi connectivity index (χ1) is 9.88. The molecule has 0 heterocycles. The van der Waals surface area contributed by atoms with Crippen LogP contribution in [0.25, 0.3) is 0 Å². The molecule has 2 aromatic rings. The van der Waals surface area contributed by atoms with Gasteiger partial charge in [0.25, 0.3) is 11.6 Å². The van der Waals surface area contributed by atoms with Crippen molar-refractivity contribution in [3.63, 3.8) is 0 Å². The first-order valence-electron chi connectivity index (χ1n) is 5.69. The van der Waals surface area contributed by atoms with Crippen LogP contribution >= 0.6 is 11.6 Å². The van der Waals surface area contributed by atoms with Gasteiger partial charge in [0.1, 0.15) is 5.82 Å². The summed E-state index contributed by atoms with van der Waals surface area (Å²) in [6.45, 7) is 0. The minimum absolute atomic E-state index is 0.0495.